The first-order valence-corrected chi connectivity index (χ1v) is 4.69. The highest BCUT2D eigenvalue weighted by Crippen LogP contribution is 2.40. The summed E-state index contributed by atoms with van der Waals surface area (Å²) in [5, 5.41) is 18.0. The van der Waals surface area contributed by atoms with Gasteiger partial charge in [-0.25, -0.2) is 4.79 Å². The first-order valence-electron chi connectivity index (χ1n) is 4.69. The SMILES string of the molecule is O=C(O)C(O)c1cccc(C2CC2)c1. The Balaban J connectivity index is 2.25. The van der Waals surface area contributed by atoms with Gasteiger partial charge in [0.2, 0.25) is 0 Å². The zero-order valence-corrected chi connectivity index (χ0v) is 7.68. The molecule has 0 amide bonds. The maximum atomic E-state index is 10.5. The number of aliphatic carboxylic acids is 1. The van der Waals surface area contributed by atoms with Crippen LogP contribution >= 0.6 is 0 Å². The van der Waals surface area contributed by atoms with E-state index >= 15 is 0 Å². The van der Waals surface area contributed by atoms with Crippen LogP contribution in [0.1, 0.15) is 36.0 Å². The normalized spacial score (nSPS) is 17.8. The highest BCUT2D eigenvalue weighted by atomic mass is 16.4. The molecule has 0 bridgehead atoms. The molecule has 1 unspecified atom stereocenters. The lowest BCUT2D eigenvalue weighted by molar-refractivity contribution is -0.146. The predicted octanol–water partition coefficient (Wildman–Crippen LogP) is 1.68. The van der Waals surface area contributed by atoms with Gasteiger partial charge in [0.1, 0.15) is 0 Å². The molecular formula is C11H12O3. The van der Waals surface area contributed by atoms with Crippen LogP contribution in [0, 0.1) is 0 Å². The number of hydrogen-bond donors (Lipinski definition) is 2. The fourth-order valence-electron chi connectivity index (χ4n) is 1.54. The van der Waals surface area contributed by atoms with Crippen LogP contribution in [0.2, 0.25) is 0 Å². The summed E-state index contributed by atoms with van der Waals surface area (Å²) in [5.41, 5.74) is 1.62. The van der Waals surface area contributed by atoms with E-state index in [0.29, 0.717) is 11.5 Å². The quantitative estimate of drug-likeness (QED) is 0.766. The molecule has 0 heterocycles. The molecule has 1 aliphatic rings. The second-order valence-corrected chi connectivity index (χ2v) is 3.69. The highest BCUT2D eigenvalue weighted by Gasteiger charge is 2.24. The fourth-order valence-corrected chi connectivity index (χ4v) is 1.54. The lowest BCUT2D eigenvalue weighted by Gasteiger charge is -2.07. The van der Waals surface area contributed by atoms with Gasteiger partial charge < -0.3 is 10.2 Å². The number of carboxylic acid groups (broad SMARTS) is 1. The maximum absolute atomic E-state index is 10.5. The first kappa shape index (κ1) is 9.21. The molecule has 0 aliphatic heterocycles. The molecule has 1 atom stereocenters. The summed E-state index contributed by atoms with van der Waals surface area (Å²) in [7, 11) is 0. The van der Waals surface area contributed by atoms with Crippen LogP contribution in [0.4, 0.5) is 0 Å². The third kappa shape index (κ3) is 1.77. The van der Waals surface area contributed by atoms with Gasteiger partial charge in [-0.2, -0.15) is 0 Å². The van der Waals surface area contributed by atoms with Crippen LogP contribution in [-0.2, 0) is 4.79 Å². The molecule has 0 radical (unpaired) electrons. The van der Waals surface area contributed by atoms with Crippen molar-refractivity contribution < 1.29 is 15.0 Å². The number of hydrogen-bond acceptors (Lipinski definition) is 2. The molecule has 1 aromatic rings. The van der Waals surface area contributed by atoms with E-state index in [2.05, 4.69) is 0 Å². The van der Waals surface area contributed by atoms with Gasteiger partial charge in [-0.3, -0.25) is 0 Å². The molecule has 1 fully saturated rings. The lowest BCUT2D eigenvalue weighted by Crippen LogP contribution is -2.10. The Kier molecular flexibility index (Phi) is 2.25. The molecule has 0 saturated heterocycles. The highest BCUT2D eigenvalue weighted by molar-refractivity contribution is 5.74. The Labute approximate surface area is 82.0 Å². The van der Waals surface area contributed by atoms with Gasteiger partial charge in [0.15, 0.2) is 6.10 Å². The minimum Gasteiger partial charge on any atom is -0.479 e. The summed E-state index contributed by atoms with van der Waals surface area (Å²) in [6.45, 7) is 0. The average molecular weight is 192 g/mol. The molecule has 3 nitrogen and oxygen atoms in total. The third-order valence-electron chi connectivity index (χ3n) is 2.51. The minimum absolute atomic E-state index is 0.474. The number of rotatable bonds is 3. The molecule has 2 rings (SSSR count). The summed E-state index contributed by atoms with van der Waals surface area (Å²) in [4.78, 5) is 10.5. The summed E-state index contributed by atoms with van der Waals surface area (Å²) in [6, 6.07) is 7.21. The third-order valence-corrected chi connectivity index (χ3v) is 2.51. The van der Waals surface area contributed by atoms with E-state index in [1.165, 1.54) is 12.8 Å². The molecule has 0 spiro atoms. The average Bonchev–Trinajstić information content (AvgIpc) is 3.00. The van der Waals surface area contributed by atoms with Crippen LogP contribution in [-0.4, -0.2) is 16.2 Å². The Bertz CT molecular complexity index is 355. The summed E-state index contributed by atoms with van der Waals surface area (Å²) < 4.78 is 0. The molecule has 0 aromatic heterocycles. The van der Waals surface area contributed by atoms with E-state index in [9.17, 15) is 9.90 Å². The van der Waals surface area contributed by atoms with Crippen LogP contribution in [0.25, 0.3) is 0 Å². The number of carboxylic acids is 1. The topological polar surface area (TPSA) is 57.5 Å². The minimum atomic E-state index is -1.39. The van der Waals surface area contributed by atoms with Gasteiger partial charge in [-0.15, -0.1) is 0 Å². The lowest BCUT2D eigenvalue weighted by atomic mass is 10.0. The smallest absolute Gasteiger partial charge is 0.337 e. The predicted molar refractivity (Wildman–Crippen MR) is 51.0 cm³/mol. The van der Waals surface area contributed by atoms with Crippen LogP contribution in [0.15, 0.2) is 24.3 Å². The maximum Gasteiger partial charge on any atom is 0.337 e. The fraction of sp³-hybridized carbons (Fsp3) is 0.364. The van der Waals surface area contributed by atoms with Gasteiger partial charge in [-0.1, -0.05) is 24.3 Å². The Morgan fingerprint density at radius 1 is 1.43 bits per heavy atom. The first-order chi connectivity index (χ1) is 6.68. The van der Waals surface area contributed by atoms with Crippen molar-refractivity contribution in [1.29, 1.82) is 0 Å². The van der Waals surface area contributed by atoms with Gasteiger partial charge in [0, 0.05) is 0 Å². The van der Waals surface area contributed by atoms with Crippen molar-refractivity contribution in [2.24, 2.45) is 0 Å². The summed E-state index contributed by atoms with van der Waals surface area (Å²) in [5.74, 6) is -0.617. The van der Waals surface area contributed by atoms with E-state index in [4.69, 9.17) is 5.11 Å². The number of benzene rings is 1. The van der Waals surface area contributed by atoms with Crippen molar-refractivity contribution >= 4 is 5.97 Å². The van der Waals surface area contributed by atoms with E-state index in [1.807, 2.05) is 6.07 Å². The molecule has 1 aromatic carbocycles. The molecule has 1 saturated carbocycles. The molecule has 14 heavy (non-hydrogen) atoms. The Morgan fingerprint density at radius 2 is 2.14 bits per heavy atom. The largest absolute Gasteiger partial charge is 0.479 e. The van der Waals surface area contributed by atoms with Crippen LogP contribution < -0.4 is 0 Å². The second kappa shape index (κ2) is 3.42. The van der Waals surface area contributed by atoms with Crippen LogP contribution in [0.5, 0.6) is 0 Å². The molecule has 3 heteroatoms. The van der Waals surface area contributed by atoms with E-state index < -0.39 is 12.1 Å². The molecule has 2 N–H and O–H groups in total. The van der Waals surface area contributed by atoms with Crippen molar-refractivity contribution in [3.63, 3.8) is 0 Å². The van der Waals surface area contributed by atoms with Gasteiger partial charge in [0.05, 0.1) is 0 Å². The van der Waals surface area contributed by atoms with Crippen molar-refractivity contribution in [2.75, 3.05) is 0 Å². The van der Waals surface area contributed by atoms with Crippen molar-refractivity contribution in [3.05, 3.63) is 35.4 Å². The van der Waals surface area contributed by atoms with Crippen molar-refractivity contribution in [1.82, 2.24) is 0 Å². The number of aliphatic hydroxyl groups is 1. The van der Waals surface area contributed by atoms with Gasteiger partial charge in [-0.05, 0) is 29.9 Å². The monoisotopic (exact) mass is 192 g/mol. The van der Waals surface area contributed by atoms with Gasteiger partial charge >= 0.3 is 5.97 Å². The van der Waals surface area contributed by atoms with Crippen molar-refractivity contribution in [2.45, 2.75) is 24.9 Å². The molecule has 74 valence electrons. The standard InChI is InChI=1S/C11H12O3/c12-10(11(13)14)9-3-1-2-8(6-9)7-4-5-7/h1-3,6-7,10,12H,4-5H2,(H,13,14). The van der Waals surface area contributed by atoms with E-state index in [-0.39, 0.29) is 0 Å². The van der Waals surface area contributed by atoms with Crippen LogP contribution in [0.3, 0.4) is 0 Å². The van der Waals surface area contributed by atoms with E-state index in [0.717, 1.165) is 5.56 Å². The Morgan fingerprint density at radius 3 is 2.71 bits per heavy atom. The van der Waals surface area contributed by atoms with E-state index in [1.54, 1.807) is 18.2 Å². The Hall–Kier alpha value is -1.35. The zero-order chi connectivity index (χ0) is 10.1. The number of aliphatic hydroxyl groups excluding tert-OH is 1. The summed E-state index contributed by atoms with van der Waals surface area (Å²) in [6.07, 6.45) is 0.952. The second-order valence-electron chi connectivity index (χ2n) is 3.69. The molecular weight excluding hydrogens is 180 g/mol. The van der Waals surface area contributed by atoms with Crippen molar-refractivity contribution in [3.8, 4) is 0 Å². The zero-order valence-electron chi connectivity index (χ0n) is 7.68. The summed E-state index contributed by atoms with van der Waals surface area (Å²) >= 11 is 0. The van der Waals surface area contributed by atoms with Gasteiger partial charge in [0.25, 0.3) is 0 Å². The molecule has 1 aliphatic carbocycles. The number of carbonyl (C=O) groups is 1.